The monoisotopic (exact) mass is 941 g/mol. The van der Waals surface area contributed by atoms with Gasteiger partial charge in [0.05, 0.1) is 0 Å². The van der Waals surface area contributed by atoms with Gasteiger partial charge < -0.3 is 4.90 Å². The second-order valence-corrected chi connectivity index (χ2v) is 16.2. The fourth-order valence-corrected chi connectivity index (χ4v) is 7.88. The van der Waals surface area contributed by atoms with Gasteiger partial charge in [-0.15, -0.1) is 0 Å². The standard InChI is InChI=1S/C60H36F9N/c61-44-17-6-37(7-18-44)1-3-40-12-26-51(56(65)31-40)53-29-24-48(35-59(53)68)70(47-23-28-50(58(67)34-47)43-16-15-42(55(64)33-43)14-5-39-10-21-46(63)22-11-39)49-25-30-54(60(69)36-49)52-27-13-41(32-57(52)66)4-2-38-8-19-45(62)20-9-38/h1-36H/b3-1+,4-2+,14-5+. The molecule has 0 unspecified atom stereocenters. The molecular weight excluding hydrogens is 906 g/mol. The molecule has 0 bridgehead atoms. The van der Waals surface area contributed by atoms with Crippen LogP contribution in [0, 0.1) is 52.4 Å². The van der Waals surface area contributed by atoms with Crippen molar-refractivity contribution in [2.45, 2.75) is 0 Å². The van der Waals surface area contributed by atoms with E-state index in [0.717, 1.165) is 18.2 Å². The van der Waals surface area contributed by atoms with Crippen LogP contribution in [0.25, 0.3) is 69.8 Å². The largest absolute Gasteiger partial charge is 0.310 e. The highest BCUT2D eigenvalue weighted by Gasteiger charge is 2.21. The maximum atomic E-state index is 16.3. The molecule has 0 N–H and O–H groups in total. The van der Waals surface area contributed by atoms with E-state index in [4.69, 9.17) is 0 Å². The van der Waals surface area contributed by atoms with Crippen molar-refractivity contribution in [3.63, 3.8) is 0 Å². The molecule has 0 saturated carbocycles. The SMILES string of the molecule is Fc1ccc(/C=C/c2ccc(-c3ccc(N(c4ccc(-c5ccc(/C=C/c6ccc(F)cc6)c(F)c5)c(F)c4)c4ccc(-c5ccc(/C=C/c6ccc(F)cc6)cc5F)c(F)c4)cc3F)c(F)c2)cc1. The molecule has 9 aromatic carbocycles. The van der Waals surface area contributed by atoms with E-state index in [1.165, 1.54) is 138 Å². The van der Waals surface area contributed by atoms with Gasteiger partial charge in [0.15, 0.2) is 0 Å². The molecule has 0 aromatic heterocycles. The third-order valence-corrected chi connectivity index (χ3v) is 11.5. The summed E-state index contributed by atoms with van der Waals surface area (Å²) in [6.45, 7) is 0. The third-order valence-electron chi connectivity index (χ3n) is 11.5. The summed E-state index contributed by atoms with van der Waals surface area (Å²) in [4.78, 5) is 1.37. The van der Waals surface area contributed by atoms with Gasteiger partial charge in [0.1, 0.15) is 52.4 Å². The maximum absolute atomic E-state index is 16.3. The molecular formula is C60H36F9N. The van der Waals surface area contributed by atoms with Crippen molar-refractivity contribution in [3.8, 4) is 33.4 Å². The fourth-order valence-electron chi connectivity index (χ4n) is 7.88. The molecule has 0 fully saturated rings. The van der Waals surface area contributed by atoms with Crippen molar-refractivity contribution in [2.75, 3.05) is 4.90 Å². The zero-order chi connectivity index (χ0) is 48.9. The van der Waals surface area contributed by atoms with E-state index in [9.17, 15) is 13.2 Å². The first-order valence-electron chi connectivity index (χ1n) is 21.7. The topological polar surface area (TPSA) is 3.24 Å². The lowest BCUT2D eigenvalue weighted by Gasteiger charge is -2.27. The summed E-state index contributed by atoms with van der Waals surface area (Å²) in [5.74, 6) is -5.80. The lowest BCUT2D eigenvalue weighted by atomic mass is 9.99. The van der Waals surface area contributed by atoms with Crippen molar-refractivity contribution < 1.29 is 39.5 Å². The second kappa shape index (κ2) is 20.3. The minimum Gasteiger partial charge on any atom is -0.310 e. The molecule has 0 amide bonds. The summed E-state index contributed by atoms with van der Waals surface area (Å²) < 4.78 is 136. The van der Waals surface area contributed by atoms with E-state index in [-0.39, 0.29) is 56.0 Å². The highest BCUT2D eigenvalue weighted by molar-refractivity contribution is 5.83. The van der Waals surface area contributed by atoms with Gasteiger partial charge in [0.25, 0.3) is 0 Å². The van der Waals surface area contributed by atoms with Crippen LogP contribution in [0.1, 0.15) is 33.4 Å². The van der Waals surface area contributed by atoms with E-state index in [2.05, 4.69) is 0 Å². The molecule has 9 aromatic rings. The fraction of sp³-hybridized carbons (Fsp3) is 0. The zero-order valence-corrected chi connectivity index (χ0v) is 36.6. The predicted molar refractivity (Wildman–Crippen MR) is 263 cm³/mol. The van der Waals surface area contributed by atoms with Gasteiger partial charge in [-0.3, -0.25) is 0 Å². The van der Waals surface area contributed by atoms with Crippen molar-refractivity contribution in [3.05, 3.63) is 268 Å². The Morgan fingerprint density at radius 1 is 0.243 bits per heavy atom. The van der Waals surface area contributed by atoms with E-state index in [1.54, 1.807) is 66.8 Å². The molecule has 10 heteroatoms. The van der Waals surface area contributed by atoms with Crippen LogP contribution in [0.4, 0.5) is 56.6 Å². The number of rotatable bonds is 12. The minimum absolute atomic E-state index is 0.0255. The second-order valence-electron chi connectivity index (χ2n) is 16.2. The van der Waals surface area contributed by atoms with Gasteiger partial charge in [-0.1, -0.05) is 109 Å². The van der Waals surface area contributed by atoms with Crippen LogP contribution in [-0.2, 0) is 0 Å². The van der Waals surface area contributed by atoms with Crippen molar-refractivity contribution in [2.24, 2.45) is 0 Å². The predicted octanol–water partition coefficient (Wildman–Crippen LogP) is 17.9. The molecule has 70 heavy (non-hydrogen) atoms. The van der Waals surface area contributed by atoms with Crippen LogP contribution in [0.2, 0.25) is 0 Å². The molecule has 0 aliphatic carbocycles. The summed E-state index contributed by atoms with van der Waals surface area (Å²) in [6, 6.07) is 41.6. The van der Waals surface area contributed by atoms with E-state index in [0.29, 0.717) is 27.8 Å². The Kier molecular flexibility index (Phi) is 13.5. The summed E-state index contributed by atoms with van der Waals surface area (Å²) in [7, 11) is 0. The van der Waals surface area contributed by atoms with Crippen molar-refractivity contribution >= 4 is 53.5 Å². The van der Waals surface area contributed by atoms with Crippen LogP contribution < -0.4 is 4.90 Å². The molecule has 0 spiro atoms. The lowest BCUT2D eigenvalue weighted by molar-refractivity contribution is 0.615. The average Bonchev–Trinajstić information content (AvgIpc) is 3.34. The van der Waals surface area contributed by atoms with Gasteiger partial charge in [-0.2, -0.15) is 0 Å². The zero-order valence-electron chi connectivity index (χ0n) is 36.6. The third kappa shape index (κ3) is 10.6. The Bertz CT molecular complexity index is 3310. The van der Waals surface area contributed by atoms with Gasteiger partial charge in [-0.25, -0.2) is 39.5 Å². The van der Waals surface area contributed by atoms with Crippen LogP contribution in [-0.4, -0.2) is 0 Å². The molecule has 0 heterocycles. The normalized spacial score (nSPS) is 11.6. The number of hydrogen-bond acceptors (Lipinski definition) is 1. The number of halogens is 9. The van der Waals surface area contributed by atoms with Gasteiger partial charge in [0, 0.05) is 50.4 Å². The number of hydrogen-bond donors (Lipinski definition) is 0. The molecule has 0 aliphatic heterocycles. The summed E-state index contributed by atoms with van der Waals surface area (Å²) >= 11 is 0. The Morgan fingerprint density at radius 2 is 0.557 bits per heavy atom. The average molecular weight is 942 g/mol. The first-order chi connectivity index (χ1) is 33.8. The van der Waals surface area contributed by atoms with Gasteiger partial charge in [-0.05, 0) is 143 Å². The molecule has 1 nitrogen and oxygen atoms in total. The molecule has 0 aliphatic rings. The van der Waals surface area contributed by atoms with Crippen LogP contribution in [0.15, 0.2) is 182 Å². The quantitative estimate of drug-likeness (QED) is 0.0871. The number of nitrogens with zero attached hydrogens (tertiary/aromatic N) is 1. The van der Waals surface area contributed by atoms with Crippen LogP contribution in [0.5, 0.6) is 0 Å². The molecule has 0 atom stereocenters. The summed E-state index contributed by atoms with van der Waals surface area (Å²) in [5, 5.41) is 0. The first-order valence-corrected chi connectivity index (χ1v) is 21.7. The Hall–Kier alpha value is -8.63. The van der Waals surface area contributed by atoms with E-state index in [1.807, 2.05) is 0 Å². The summed E-state index contributed by atoms with van der Waals surface area (Å²) in [6.07, 6.45) is 9.74. The minimum atomic E-state index is -0.857. The van der Waals surface area contributed by atoms with Crippen LogP contribution in [0.3, 0.4) is 0 Å². The highest BCUT2D eigenvalue weighted by atomic mass is 19.2. The van der Waals surface area contributed by atoms with E-state index < -0.39 is 52.4 Å². The van der Waals surface area contributed by atoms with Crippen LogP contribution >= 0.6 is 0 Å². The summed E-state index contributed by atoms with van der Waals surface area (Å²) in [5.41, 5.74) is 3.38. The molecule has 0 saturated heterocycles. The number of anilines is 3. The number of benzene rings is 9. The van der Waals surface area contributed by atoms with Gasteiger partial charge >= 0.3 is 0 Å². The molecule has 9 rings (SSSR count). The van der Waals surface area contributed by atoms with Crippen molar-refractivity contribution in [1.82, 2.24) is 0 Å². The smallest absolute Gasteiger partial charge is 0.133 e. The first kappa shape index (κ1) is 46.5. The maximum Gasteiger partial charge on any atom is 0.133 e. The van der Waals surface area contributed by atoms with Gasteiger partial charge in [0.2, 0.25) is 0 Å². The Labute approximate surface area is 397 Å². The molecule has 0 radical (unpaired) electrons. The Morgan fingerprint density at radius 3 is 0.914 bits per heavy atom. The lowest BCUT2D eigenvalue weighted by Crippen LogP contribution is -2.11. The van der Waals surface area contributed by atoms with Crippen molar-refractivity contribution in [1.29, 1.82) is 0 Å². The molecule has 344 valence electrons. The highest BCUT2D eigenvalue weighted by Crippen LogP contribution is 2.41. The Balaban J connectivity index is 1.04. The van der Waals surface area contributed by atoms with E-state index >= 15 is 26.3 Å².